The number of rotatable bonds is 6. The molecule has 3 aromatic carbocycles. The Morgan fingerprint density at radius 2 is 1.65 bits per heavy atom. The molecule has 2 aliphatic rings. The van der Waals surface area contributed by atoms with E-state index in [9.17, 15) is 24.6 Å². The van der Waals surface area contributed by atoms with Gasteiger partial charge in [-0.25, -0.2) is 4.79 Å². The Bertz CT molecular complexity index is 1830. The molecule has 2 N–H and O–H groups in total. The monoisotopic (exact) mass is 622 g/mol. The standard InChI is InChI=1S/C36H38N4O6/c1-22-30(34(42)38(3)27-9-11-29(41)12-10-27)18-33(37(22)2)31-16-24-13-14-39(36(44)45)19-26(24)17-32(31)35(43)40-20-25-8-6-5-7-23(25)15-28(40)21-46-4/h5-12,16-18,28,41H,13-15,19-21H2,1-4H3,(H,44,45)/t28-/m0/s1. The average Bonchev–Trinajstić information content (AvgIpc) is 3.36. The molecule has 1 atom stereocenters. The van der Waals surface area contributed by atoms with E-state index < -0.39 is 6.09 Å². The van der Waals surface area contributed by atoms with E-state index in [2.05, 4.69) is 6.07 Å². The summed E-state index contributed by atoms with van der Waals surface area (Å²) >= 11 is 0. The van der Waals surface area contributed by atoms with Gasteiger partial charge in [0.2, 0.25) is 0 Å². The summed E-state index contributed by atoms with van der Waals surface area (Å²) in [5.74, 6) is -0.278. The highest BCUT2D eigenvalue weighted by Gasteiger charge is 2.34. The number of benzene rings is 3. The van der Waals surface area contributed by atoms with Crippen LogP contribution in [0.15, 0.2) is 66.7 Å². The fourth-order valence-corrected chi connectivity index (χ4v) is 6.63. The number of aromatic nitrogens is 1. The Balaban J connectivity index is 1.45. The van der Waals surface area contributed by atoms with E-state index in [1.807, 2.05) is 59.8 Å². The summed E-state index contributed by atoms with van der Waals surface area (Å²) < 4.78 is 7.49. The predicted octanol–water partition coefficient (Wildman–Crippen LogP) is 5.23. The van der Waals surface area contributed by atoms with Crippen LogP contribution in [0, 0.1) is 6.92 Å². The summed E-state index contributed by atoms with van der Waals surface area (Å²) in [6.45, 7) is 3.24. The van der Waals surface area contributed by atoms with Gasteiger partial charge in [0, 0.05) is 69.0 Å². The average molecular weight is 623 g/mol. The highest BCUT2D eigenvalue weighted by molar-refractivity contribution is 6.08. The van der Waals surface area contributed by atoms with Crippen molar-refractivity contribution in [2.75, 3.05) is 32.2 Å². The minimum atomic E-state index is -0.991. The lowest BCUT2D eigenvalue weighted by molar-refractivity contribution is 0.0477. The number of carbonyl (C=O) groups is 3. The smallest absolute Gasteiger partial charge is 0.407 e. The molecule has 0 saturated carbocycles. The third-order valence-corrected chi connectivity index (χ3v) is 9.41. The lowest BCUT2D eigenvalue weighted by atomic mass is 9.89. The molecule has 3 amide bonds. The van der Waals surface area contributed by atoms with Crippen LogP contribution in [0.5, 0.6) is 5.75 Å². The van der Waals surface area contributed by atoms with Gasteiger partial charge < -0.3 is 34.2 Å². The number of hydrogen-bond donors (Lipinski definition) is 2. The van der Waals surface area contributed by atoms with E-state index >= 15 is 0 Å². The molecular weight excluding hydrogens is 584 g/mol. The summed E-state index contributed by atoms with van der Waals surface area (Å²) in [6.07, 6.45) is 0.189. The van der Waals surface area contributed by atoms with Crippen LogP contribution < -0.4 is 4.90 Å². The first kappa shape index (κ1) is 30.9. The predicted molar refractivity (Wildman–Crippen MR) is 174 cm³/mol. The fourth-order valence-electron chi connectivity index (χ4n) is 6.63. The molecule has 1 aromatic heterocycles. The van der Waals surface area contributed by atoms with Crippen LogP contribution >= 0.6 is 0 Å². The van der Waals surface area contributed by atoms with Gasteiger partial charge >= 0.3 is 6.09 Å². The number of hydrogen-bond acceptors (Lipinski definition) is 5. The number of phenolic OH excluding ortho intramolecular Hbond substituents is 1. The van der Waals surface area contributed by atoms with Gasteiger partial charge in [-0.05, 0) is 84.5 Å². The van der Waals surface area contributed by atoms with Crippen LogP contribution in [0.3, 0.4) is 0 Å². The van der Waals surface area contributed by atoms with Crippen molar-refractivity contribution in [1.29, 1.82) is 0 Å². The maximum atomic E-state index is 14.7. The van der Waals surface area contributed by atoms with Crippen molar-refractivity contribution in [3.8, 4) is 17.0 Å². The lowest BCUT2D eigenvalue weighted by Gasteiger charge is -2.37. The SMILES string of the molecule is COC[C@@H]1Cc2ccccc2CN1C(=O)c1cc2c(cc1-c1cc(C(=O)N(C)c3ccc(O)cc3)c(C)n1C)CCN(C(=O)O)C2. The molecule has 10 heteroatoms. The van der Waals surface area contributed by atoms with E-state index in [0.717, 1.165) is 22.4 Å². The van der Waals surface area contributed by atoms with Gasteiger partial charge in [-0.3, -0.25) is 9.59 Å². The molecule has 4 aromatic rings. The molecule has 6 rings (SSSR count). The minimum absolute atomic E-state index is 0.115. The van der Waals surface area contributed by atoms with Gasteiger partial charge in [0.05, 0.1) is 18.2 Å². The van der Waals surface area contributed by atoms with Crippen molar-refractivity contribution >= 4 is 23.6 Å². The van der Waals surface area contributed by atoms with Crippen LogP contribution in [-0.4, -0.2) is 75.8 Å². The minimum Gasteiger partial charge on any atom is -0.508 e. The van der Waals surface area contributed by atoms with Crippen LogP contribution in [0.25, 0.3) is 11.3 Å². The number of methoxy groups -OCH3 is 1. The zero-order valence-electron chi connectivity index (χ0n) is 26.5. The second-order valence-electron chi connectivity index (χ2n) is 12.1. The zero-order chi connectivity index (χ0) is 32.7. The molecule has 0 radical (unpaired) electrons. The molecule has 0 unspecified atom stereocenters. The molecule has 0 saturated heterocycles. The second kappa shape index (κ2) is 12.4. The van der Waals surface area contributed by atoms with Crippen molar-refractivity contribution in [2.24, 2.45) is 7.05 Å². The quantitative estimate of drug-likeness (QED) is 0.304. The van der Waals surface area contributed by atoms with Crippen LogP contribution in [-0.2, 0) is 37.7 Å². The van der Waals surface area contributed by atoms with Crippen molar-refractivity contribution < 1.29 is 29.3 Å². The summed E-state index contributed by atoms with van der Waals surface area (Å²) in [6, 6.07) is 20.0. The summed E-state index contributed by atoms with van der Waals surface area (Å²) in [4.78, 5) is 45.1. The summed E-state index contributed by atoms with van der Waals surface area (Å²) in [7, 11) is 5.20. The number of anilines is 1. The molecular formula is C36H38N4O6. The molecule has 2 aliphatic heterocycles. The summed E-state index contributed by atoms with van der Waals surface area (Å²) in [5, 5.41) is 19.4. The normalized spacial score (nSPS) is 15.7. The maximum Gasteiger partial charge on any atom is 0.407 e. The largest absolute Gasteiger partial charge is 0.508 e. The van der Waals surface area contributed by atoms with Gasteiger partial charge in [0.25, 0.3) is 11.8 Å². The number of carbonyl (C=O) groups excluding carboxylic acids is 2. The van der Waals surface area contributed by atoms with Crippen molar-refractivity contribution in [3.63, 3.8) is 0 Å². The van der Waals surface area contributed by atoms with Gasteiger partial charge in [0.1, 0.15) is 5.75 Å². The van der Waals surface area contributed by atoms with Crippen LogP contribution in [0.4, 0.5) is 10.5 Å². The van der Waals surface area contributed by atoms with E-state index in [0.29, 0.717) is 60.6 Å². The molecule has 0 spiro atoms. The Kier molecular flexibility index (Phi) is 8.31. The fraction of sp³-hybridized carbons (Fsp3) is 0.306. The third kappa shape index (κ3) is 5.60. The molecule has 0 bridgehead atoms. The zero-order valence-corrected chi connectivity index (χ0v) is 26.5. The highest BCUT2D eigenvalue weighted by Crippen LogP contribution is 2.36. The molecule has 238 valence electrons. The Labute approximate surface area is 268 Å². The number of amides is 3. The topological polar surface area (TPSA) is 116 Å². The van der Waals surface area contributed by atoms with Gasteiger partial charge in [-0.15, -0.1) is 0 Å². The Morgan fingerprint density at radius 3 is 2.35 bits per heavy atom. The van der Waals surface area contributed by atoms with E-state index in [-0.39, 0.29) is 30.2 Å². The maximum absolute atomic E-state index is 14.7. The number of fused-ring (bicyclic) bond motifs is 2. The van der Waals surface area contributed by atoms with Crippen LogP contribution in [0.1, 0.15) is 48.7 Å². The number of carboxylic acid groups (broad SMARTS) is 1. The van der Waals surface area contributed by atoms with Gasteiger partial charge in [-0.2, -0.15) is 0 Å². The molecule has 3 heterocycles. The molecule has 46 heavy (non-hydrogen) atoms. The van der Waals surface area contributed by atoms with Gasteiger partial charge in [0.15, 0.2) is 0 Å². The number of nitrogens with zero attached hydrogens (tertiary/aromatic N) is 4. The van der Waals surface area contributed by atoms with E-state index in [4.69, 9.17) is 4.74 Å². The first-order valence-corrected chi connectivity index (χ1v) is 15.3. The molecule has 10 nitrogen and oxygen atoms in total. The molecule has 0 aliphatic carbocycles. The second-order valence-corrected chi connectivity index (χ2v) is 12.1. The highest BCUT2D eigenvalue weighted by atomic mass is 16.5. The Hall–Kier alpha value is -5.09. The first-order valence-electron chi connectivity index (χ1n) is 15.3. The number of ether oxygens (including phenoxy) is 1. The van der Waals surface area contributed by atoms with Crippen molar-refractivity contribution in [1.82, 2.24) is 14.4 Å². The lowest BCUT2D eigenvalue weighted by Crippen LogP contribution is -2.47. The van der Waals surface area contributed by atoms with Crippen molar-refractivity contribution in [3.05, 3.63) is 106 Å². The van der Waals surface area contributed by atoms with Crippen molar-refractivity contribution in [2.45, 2.75) is 38.9 Å². The number of aromatic hydroxyl groups is 1. The molecule has 0 fully saturated rings. The van der Waals surface area contributed by atoms with E-state index in [1.54, 1.807) is 26.3 Å². The van der Waals surface area contributed by atoms with E-state index in [1.165, 1.54) is 27.5 Å². The Morgan fingerprint density at radius 1 is 0.935 bits per heavy atom. The summed E-state index contributed by atoms with van der Waals surface area (Å²) in [5.41, 5.74) is 7.79. The third-order valence-electron chi connectivity index (χ3n) is 9.41. The van der Waals surface area contributed by atoms with Gasteiger partial charge in [-0.1, -0.05) is 24.3 Å². The number of phenols is 1. The first-order chi connectivity index (χ1) is 22.1. The van der Waals surface area contributed by atoms with Crippen LogP contribution in [0.2, 0.25) is 0 Å².